The van der Waals surface area contributed by atoms with Crippen LogP contribution in [-0.4, -0.2) is 0 Å². The Labute approximate surface area is 107 Å². The largest absolute Gasteiger partial charge is 0.456 e. The molecule has 0 unspecified atom stereocenters. The van der Waals surface area contributed by atoms with E-state index >= 15 is 0 Å². The SMILES string of the molecule is Cc1cc2ccccc2[c]c1Oc1ccccc1. The minimum atomic E-state index is 0.792. The van der Waals surface area contributed by atoms with Crippen molar-refractivity contribution in [2.45, 2.75) is 6.92 Å². The van der Waals surface area contributed by atoms with Gasteiger partial charge in [0.25, 0.3) is 0 Å². The molecule has 87 valence electrons. The van der Waals surface area contributed by atoms with Crippen LogP contribution in [0, 0.1) is 13.0 Å². The van der Waals surface area contributed by atoms with E-state index in [1.165, 1.54) is 5.39 Å². The number of benzene rings is 3. The first-order chi connectivity index (χ1) is 8.83. The van der Waals surface area contributed by atoms with E-state index in [-0.39, 0.29) is 0 Å². The third kappa shape index (κ3) is 2.07. The van der Waals surface area contributed by atoms with Crippen LogP contribution in [0.5, 0.6) is 11.5 Å². The van der Waals surface area contributed by atoms with E-state index < -0.39 is 0 Å². The molecule has 1 nitrogen and oxygen atoms in total. The first-order valence-electron chi connectivity index (χ1n) is 5.97. The maximum absolute atomic E-state index is 5.86. The summed E-state index contributed by atoms with van der Waals surface area (Å²) in [6.07, 6.45) is 0. The first kappa shape index (κ1) is 10.8. The van der Waals surface area contributed by atoms with Crippen molar-refractivity contribution in [3.05, 3.63) is 72.3 Å². The Balaban J connectivity index is 2.04. The molecule has 18 heavy (non-hydrogen) atoms. The molecule has 0 atom stereocenters. The smallest absolute Gasteiger partial charge is 0.138 e. The zero-order valence-electron chi connectivity index (χ0n) is 10.2. The van der Waals surface area contributed by atoms with Crippen LogP contribution in [0.25, 0.3) is 10.8 Å². The van der Waals surface area contributed by atoms with E-state index in [1.54, 1.807) is 0 Å². The lowest BCUT2D eigenvalue weighted by Gasteiger charge is -2.09. The molecule has 0 N–H and O–H groups in total. The molecular weight excluding hydrogens is 220 g/mol. The Morgan fingerprint density at radius 1 is 0.889 bits per heavy atom. The number of hydrogen-bond donors (Lipinski definition) is 0. The van der Waals surface area contributed by atoms with Gasteiger partial charge in [0.05, 0.1) is 0 Å². The summed E-state index contributed by atoms with van der Waals surface area (Å²) in [5.74, 6) is 1.63. The van der Waals surface area contributed by atoms with E-state index in [1.807, 2.05) is 55.5 Å². The standard InChI is InChI=1S/C17H13O/c1-13-11-14-7-5-6-8-15(14)12-17(13)18-16-9-3-2-4-10-16/h2-11H,1H3. The number of fused-ring (bicyclic) bond motifs is 1. The van der Waals surface area contributed by atoms with Crippen molar-refractivity contribution >= 4 is 10.8 Å². The number of ether oxygens (including phenoxy) is 1. The van der Waals surface area contributed by atoms with Gasteiger partial charge in [0.2, 0.25) is 0 Å². The summed E-state index contributed by atoms with van der Waals surface area (Å²) in [4.78, 5) is 0. The van der Waals surface area contributed by atoms with E-state index in [2.05, 4.69) is 18.2 Å². The summed E-state index contributed by atoms with van der Waals surface area (Å²) >= 11 is 0. The van der Waals surface area contributed by atoms with Crippen LogP contribution in [0.1, 0.15) is 5.56 Å². The summed E-state index contributed by atoms with van der Waals surface area (Å²) < 4.78 is 5.86. The molecular formula is C17H13O. The first-order valence-corrected chi connectivity index (χ1v) is 5.97. The van der Waals surface area contributed by atoms with Gasteiger partial charge in [-0.3, -0.25) is 0 Å². The highest BCUT2D eigenvalue weighted by Gasteiger charge is 2.04. The van der Waals surface area contributed by atoms with Crippen LogP contribution >= 0.6 is 0 Å². The minimum absolute atomic E-state index is 0.792. The maximum atomic E-state index is 5.86. The minimum Gasteiger partial charge on any atom is -0.456 e. The maximum Gasteiger partial charge on any atom is 0.138 e. The highest BCUT2D eigenvalue weighted by molar-refractivity contribution is 5.84. The van der Waals surface area contributed by atoms with Gasteiger partial charge in [-0.2, -0.15) is 0 Å². The molecule has 0 spiro atoms. The van der Waals surface area contributed by atoms with Crippen molar-refractivity contribution in [2.24, 2.45) is 0 Å². The van der Waals surface area contributed by atoms with Crippen molar-refractivity contribution in [1.82, 2.24) is 0 Å². The molecule has 0 bridgehead atoms. The third-order valence-corrected chi connectivity index (χ3v) is 2.90. The summed E-state index contributed by atoms with van der Waals surface area (Å²) in [5, 5.41) is 2.27. The predicted octanol–water partition coefficient (Wildman–Crippen LogP) is 4.74. The fraction of sp³-hybridized carbons (Fsp3) is 0.0588. The van der Waals surface area contributed by atoms with E-state index in [4.69, 9.17) is 4.74 Å². The van der Waals surface area contributed by atoms with Gasteiger partial charge in [0, 0.05) is 6.07 Å². The van der Waals surface area contributed by atoms with Crippen LogP contribution < -0.4 is 4.74 Å². The van der Waals surface area contributed by atoms with Crippen LogP contribution in [0.4, 0.5) is 0 Å². The molecule has 3 rings (SSSR count). The van der Waals surface area contributed by atoms with Crippen molar-refractivity contribution in [3.63, 3.8) is 0 Å². The Bertz CT molecular complexity index is 672. The Hall–Kier alpha value is -2.28. The van der Waals surface area contributed by atoms with Gasteiger partial charge in [0.1, 0.15) is 11.5 Å². The van der Waals surface area contributed by atoms with Gasteiger partial charge < -0.3 is 4.74 Å². The van der Waals surface area contributed by atoms with Crippen molar-refractivity contribution in [3.8, 4) is 11.5 Å². The Kier molecular flexibility index (Phi) is 2.73. The van der Waals surface area contributed by atoms with Crippen molar-refractivity contribution in [1.29, 1.82) is 0 Å². The van der Waals surface area contributed by atoms with Crippen LogP contribution in [0.15, 0.2) is 60.7 Å². The molecule has 0 saturated carbocycles. The molecule has 0 aliphatic rings. The molecule has 3 aromatic rings. The number of aryl methyl sites for hydroxylation is 1. The summed E-state index contributed by atoms with van der Waals surface area (Å²) in [5.41, 5.74) is 1.09. The van der Waals surface area contributed by atoms with E-state index in [9.17, 15) is 0 Å². The quantitative estimate of drug-likeness (QED) is 0.621. The monoisotopic (exact) mass is 233 g/mol. The fourth-order valence-corrected chi connectivity index (χ4v) is 1.97. The summed E-state index contributed by atoms with van der Waals surface area (Å²) in [6, 6.07) is 23.4. The molecule has 0 heterocycles. The second-order valence-corrected chi connectivity index (χ2v) is 4.28. The Morgan fingerprint density at radius 2 is 1.61 bits per heavy atom. The number of para-hydroxylation sites is 1. The molecule has 0 fully saturated rings. The molecule has 1 radical (unpaired) electrons. The second kappa shape index (κ2) is 4.53. The molecule has 0 amide bonds. The molecule has 0 saturated heterocycles. The lowest BCUT2D eigenvalue weighted by atomic mass is 10.1. The predicted molar refractivity (Wildman–Crippen MR) is 74.0 cm³/mol. The lowest BCUT2D eigenvalue weighted by molar-refractivity contribution is 0.479. The Morgan fingerprint density at radius 3 is 2.44 bits per heavy atom. The molecule has 0 aromatic heterocycles. The highest BCUT2D eigenvalue weighted by Crippen LogP contribution is 2.28. The van der Waals surface area contributed by atoms with Crippen LogP contribution in [0.3, 0.4) is 0 Å². The van der Waals surface area contributed by atoms with Crippen molar-refractivity contribution in [2.75, 3.05) is 0 Å². The van der Waals surface area contributed by atoms with Crippen LogP contribution in [0.2, 0.25) is 0 Å². The second-order valence-electron chi connectivity index (χ2n) is 4.28. The zero-order chi connectivity index (χ0) is 12.4. The average Bonchev–Trinajstić information content (AvgIpc) is 2.41. The molecule has 1 heteroatoms. The summed E-state index contributed by atoms with van der Waals surface area (Å²) in [6.45, 7) is 2.04. The molecule has 3 aromatic carbocycles. The zero-order valence-corrected chi connectivity index (χ0v) is 10.2. The fourth-order valence-electron chi connectivity index (χ4n) is 1.97. The summed E-state index contributed by atoms with van der Waals surface area (Å²) in [7, 11) is 0. The van der Waals surface area contributed by atoms with Crippen molar-refractivity contribution < 1.29 is 4.74 Å². The van der Waals surface area contributed by atoms with Crippen LogP contribution in [-0.2, 0) is 0 Å². The molecule has 0 aliphatic heterocycles. The topological polar surface area (TPSA) is 9.23 Å². The lowest BCUT2D eigenvalue weighted by Crippen LogP contribution is -1.88. The van der Waals surface area contributed by atoms with Gasteiger partial charge in [-0.25, -0.2) is 0 Å². The van der Waals surface area contributed by atoms with Gasteiger partial charge in [-0.15, -0.1) is 0 Å². The van der Waals surface area contributed by atoms with E-state index in [0.29, 0.717) is 0 Å². The van der Waals surface area contributed by atoms with E-state index in [0.717, 1.165) is 22.4 Å². The average molecular weight is 233 g/mol. The number of rotatable bonds is 2. The van der Waals surface area contributed by atoms with Gasteiger partial charge in [-0.05, 0) is 41.5 Å². The highest BCUT2D eigenvalue weighted by atomic mass is 16.5. The normalized spacial score (nSPS) is 10.5. The van der Waals surface area contributed by atoms with Gasteiger partial charge in [0.15, 0.2) is 0 Å². The van der Waals surface area contributed by atoms with Gasteiger partial charge >= 0.3 is 0 Å². The van der Waals surface area contributed by atoms with Gasteiger partial charge in [-0.1, -0.05) is 42.5 Å². The number of hydrogen-bond acceptors (Lipinski definition) is 1. The third-order valence-electron chi connectivity index (χ3n) is 2.90. The molecule has 0 aliphatic carbocycles.